The van der Waals surface area contributed by atoms with Crippen LogP contribution in [0.5, 0.6) is 0 Å². The maximum Gasteiger partial charge on any atom is 0.317 e. The number of anilines is 1. The first-order chi connectivity index (χ1) is 10.8. The van der Waals surface area contributed by atoms with Gasteiger partial charge in [0.25, 0.3) is 0 Å². The highest BCUT2D eigenvalue weighted by Gasteiger charge is 2.25. The summed E-state index contributed by atoms with van der Waals surface area (Å²) in [6, 6.07) is -0.0223. The lowest BCUT2D eigenvalue weighted by Crippen LogP contribution is -2.39. The van der Waals surface area contributed by atoms with Crippen molar-refractivity contribution >= 4 is 22.5 Å². The van der Waals surface area contributed by atoms with E-state index in [1.54, 1.807) is 16.2 Å². The molecule has 1 unspecified atom stereocenters. The molecule has 2 N–H and O–H groups in total. The molecular weight excluding hydrogens is 300 g/mol. The molecule has 2 aliphatic heterocycles. The quantitative estimate of drug-likeness (QED) is 0.857. The molecule has 2 amide bonds. The summed E-state index contributed by atoms with van der Waals surface area (Å²) in [5.41, 5.74) is 1.06. The van der Waals surface area contributed by atoms with Gasteiger partial charge in [0, 0.05) is 57.0 Å². The number of hydrogen-bond acceptors (Lipinski definition) is 5. The van der Waals surface area contributed by atoms with Gasteiger partial charge in [-0.15, -0.1) is 11.3 Å². The summed E-state index contributed by atoms with van der Waals surface area (Å²) in [6.07, 6.45) is 4.19. The van der Waals surface area contributed by atoms with E-state index in [-0.39, 0.29) is 18.6 Å². The molecular formula is C15H24N4O2S. The normalized spacial score (nSPS) is 21.6. The second-order valence-electron chi connectivity index (χ2n) is 6.08. The monoisotopic (exact) mass is 324 g/mol. The van der Waals surface area contributed by atoms with E-state index >= 15 is 0 Å². The summed E-state index contributed by atoms with van der Waals surface area (Å²) in [5.74, 6) is 0.243. The van der Waals surface area contributed by atoms with E-state index in [9.17, 15) is 4.79 Å². The van der Waals surface area contributed by atoms with E-state index in [1.807, 2.05) is 0 Å². The Morgan fingerprint density at radius 1 is 1.41 bits per heavy atom. The summed E-state index contributed by atoms with van der Waals surface area (Å²) in [5, 5.41) is 15.3. The van der Waals surface area contributed by atoms with Crippen LogP contribution in [-0.4, -0.2) is 60.4 Å². The SMILES string of the molecule is O=C(NCCc1csc(N2CCCC2)n1)N1CCC(CO)C1. The molecule has 0 aromatic carbocycles. The summed E-state index contributed by atoms with van der Waals surface area (Å²) in [7, 11) is 0. The Bertz CT molecular complexity index is 501. The number of carbonyl (C=O) groups excluding carboxylic acids is 1. The van der Waals surface area contributed by atoms with Gasteiger partial charge in [-0.25, -0.2) is 9.78 Å². The lowest BCUT2D eigenvalue weighted by molar-refractivity contribution is 0.198. The number of aromatic nitrogens is 1. The van der Waals surface area contributed by atoms with Gasteiger partial charge in [-0.1, -0.05) is 0 Å². The Morgan fingerprint density at radius 3 is 2.95 bits per heavy atom. The fraction of sp³-hybridized carbons (Fsp3) is 0.733. The highest BCUT2D eigenvalue weighted by atomic mass is 32.1. The van der Waals surface area contributed by atoms with Gasteiger partial charge in [0.05, 0.1) is 5.69 Å². The highest BCUT2D eigenvalue weighted by molar-refractivity contribution is 7.13. The van der Waals surface area contributed by atoms with Crippen molar-refractivity contribution in [2.75, 3.05) is 44.2 Å². The molecule has 3 heterocycles. The average molecular weight is 324 g/mol. The Kier molecular flexibility index (Phi) is 5.15. The van der Waals surface area contributed by atoms with Gasteiger partial charge in [-0.2, -0.15) is 0 Å². The van der Waals surface area contributed by atoms with Gasteiger partial charge < -0.3 is 20.2 Å². The largest absolute Gasteiger partial charge is 0.396 e. The fourth-order valence-electron chi connectivity index (χ4n) is 3.04. The standard InChI is InChI=1S/C15H24N4O2S/c20-10-12-4-8-19(9-12)14(21)16-5-3-13-11-22-15(17-13)18-6-1-2-7-18/h11-12,20H,1-10H2,(H,16,21). The maximum absolute atomic E-state index is 12.0. The van der Waals surface area contributed by atoms with Crippen molar-refractivity contribution in [2.24, 2.45) is 5.92 Å². The van der Waals surface area contributed by atoms with Crippen LogP contribution in [-0.2, 0) is 6.42 Å². The molecule has 22 heavy (non-hydrogen) atoms. The number of amides is 2. The van der Waals surface area contributed by atoms with Gasteiger partial charge >= 0.3 is 6.03 Å². The van der Waals surface area contributed by atoms with Crippen molar-refractivity contribution in [1.29, 1.82) is 0 Å². The summed E-state index contributed by atoms with van der Waals surface area (Å²) in [4.78, 5) is 20.8. The minimum absolute atomic E-state index is 0.0223. The van der Waals surface area contributed by atoms with Gasteiger partial charge in [-0.05, 0) is 19.3 Å². The first-order valence-corrected chi connectivity index (χ1v) is 8.97. The van der Waals surface area contributed by atoms with E-state index < -0.39 is 0 Å². The molecule has 6 nitrogen and oxygen atoms in total. The molecule has 0 saturated carbocycles. The number of nitrogens with zero attached hydrogens (tertiary/aromatic N) is 3. The molecule has 0 aliphatic carbocycles. The van der Waals surface area contributed by atoms with Crippen LogP contribution in [0.15, 0.2) is 5.38 Å². The minimum atomic E-state index is -0.0223. The lowest BCUT2D eigenvalue weighted by atomic mass is 10.1. The zero-order chi connectivity index (χ0) is 15.4. The molecule has 3 rings (SSSR count). The predicted molar refractivity (Wildman–Crippen MR) is 87.4 cm³/mol. The van der Waals surface area contributed by atoms with Gasteiger partial charge in [0.2, 0.25) is 0 Å². The third kappa shape index (κ3) is 3.70. The molecule has 7 heteroatoms. The lowest BCUT2D eigenvalue weighted by Gasteiger charge is -2.16. The van der Waals surface area contributed by atoms with E-state index in [0.717, 1.165) is 43.3 Å². The van der Waals surface area contributed by atoms with Crippen LogP contribution in [0, 0.1) is 5.92 Å². The van der Waals surface area contributed by atoms with Crippen molar-refractivity contribution in [1.82, 2.24) is 15.2 Å². The molecule has 1 aromatic rings. The molecule has 0 bridgehead atoms. The van der Waals surface area contributed by atoms with Crippen molar-refractivity contribution < 1.29 is 9.90 Å². The number of aliphatic hydroxyl groups excluding tert-OH is 1. The van der Waals surface area contributed by atoms with Crippen molar-refractivity contribution in [3.63, 3.8) is 0 Å². The number of aliphatic hydroxyl groups is 1. The molecule has 1 atom stereocenters. The number of hydrogen-bond donors (Lipinski definition) is 2. The third-order valence-corrected chi connectivity index (χ3v) is 5.36. The number of rotatable bonds is 5. The number of urea groups is 1. The zero-order valence-electron chi connectivity index (χ0n) is 12.8. The van der Waals surface area contributed by atoms with Crippen LogP contribution in [0.25, 0.3) is 0 Å². The van der Waals surface area contributed by atoms with Crippen LogP contribution in [0.3, 0.4) is 0 Å². The van der Waals surface area contributed by atoms with Crippen molar-refractivity contribution in [2.45, 2.75) is 25.7 Å². The molecule has 2 aliphatic rings. The first-order valence-electron chi connectivity index (χ1n) is 8.09. The molecule has 0 radical (unpaired) electrons. The van der Waals surface area contributed by atoms with Crippen LogP contribution in [0.4, 0.5) is 9.93 Å². The summed E-state index contributed by atoms with van der Waals surface area (Å²) in [6.45, 7) is 4.42. The third-order valence-electron chi connectivity index (χ3n) is 4.40. The molecule has 122 valence electrons. The van der Waals surface area contributed by atoms with Gasteiger partial charge in [0.1, 0.15) is 0 Å². The molecule has 2 saturated heterocycles. The average Bonchev–Trinajstić information content (AvgIpc) is 3.27. The minimum Gasteiger partial charge on any atom is -0.396 e. The Balaban J connectivity index is 1.40. The molecule has 1 aromatic heterocycles. The van der Waals surface area contributed by atoms with E-state index in [1.165, 1.54) is 12.8 Å². The smallest absolute Gasteiger partial charge is 0.317 e. The van der Waals surface area contributed by atoms with Crippen LogP contribution in [0.1, 0.15) is 25.0 Å². The second kappa shape index (κ2) is 7.28. The van der Waals surface area contributed by atoms with Crippen molar-refractivity contribution in [3.8, 4) is 0 Å². The molecule has 2 fully saturated rings. The Hall–Kier alpha value is -1.34. The zero-order valence-corrected chi connectivity index (χ0v) is 13.6. The second-order valence-corrected chi connectivity index (χ2v) is 6.92. The maximum atomic E-state index is 12.0. The highest BCUT2D eigenvalue weighted by Crippen LogP contribution is 2.24. The Morgan fingerprint density at radius 2 is 2.23 bits per heavy atom. The number of likely N-dealkylation sites (tertiary alicyclic amines) is 1. The van der Waals surface area contributed by atoms with Crippen LogP contribution >= 0.6 is 11.3 Å². The fourth-order valence-corrected chi connectivity index (χ4v) is 3.95. The number of nitrogens with one attached hydrogen (secondary N) is 1. The summed E-state index contributed by atoms with van der Waals surface area (Å²) < 4.78 is 0. The van der Waals surface area contributed by atoms with E-state index in [2.05, 4.69) is 20.6 Å². The predicted octanol–water partition coefficient (Wildman–Crippen LogP) is 1.31. The topological polar surface area (TPSA) is 68.7 Å². The Labute approximate surface area is 135 Å². The number of thiazole rings is 1. The number of carbonyl (C=O) groups is 1. The van der Waals surface area contributed by atoms with Gasteiger partial charge in [0.15, 0.2) is 5.13 Å². The van der Waals surface area contributed by atoms with E-state index in [0.29, 0.717) is 13.1 Å². The van der Waals surface area contributed by atoms with Crippen LogP contribution in [0.2, 0.25) is 0 Å². The molecule has 0 spiro atoms. The van der Waals surface area contributed by atoms with Crippen LogP contribution < -0.4 is 10.2 Å². The summed E-state index contributed by atoms with van der Waals surface area (Å²) >= 11 is 1.70. The van der Waals surface area contributed by atoms with Gasteiger partial charge in [-0.3, -0.25) is 0 Å². The first kappa shape index (κ1) is 15.6. The van der Waals surface area contributed by atoms with E-state index in [4.69, 9.17) is 5.11 Å². The van der Waals surface area contributed by atoms with Crippen molar-refractivity contribution in [3.05, 3.63) is 11.1 Å².